The molecule has 0 radical (unpaired) electrons. The lowest BCUT2D eigenvalue weighted by Crippen LogP contribution is -2.49. The molecule has 3 rings (SSSR count). The van der Waals surface area contributed by atoms with E-state index in [1.807, 2.05) is 30.3 Å². The Bertz CT molecular complexity index is 526. The van der Waals surface area contributed by atoms with Crippen LogP contribution in [0, 0.1) is 5.41 Å². The second kappa shape index (κ2) is 7.33. The minimum atomic E-state index is -0.371. The number of hydrogen-bond donors (Lipinski definition) is 3. The highest BCUT2D eigenvalue weighted by atomic mass is 16.5. The summed E-state index contributed by atoms with van der Waals surface area (Å²) in [5, 5.41) is 10.6. The maximum Gasteiger partial charge on any atom is 0.188 e. The summed E-state index contributed by atoms with van der Waals surface area (Å²) in [5.74, 6) is 0.103. The predicted molar refractivity (Wildman–Crippen MR) is 86.7 cm³/mol. The maximum absolute atomic E-state index is 11.5. The molecule has 1 spiro atoms. The van der Waals surface area contributed by atoms with Crippen molar-refractivity contribution < 1.29 is 9.53 Å². The second-order valence-corrected chi connectivity index (χ2v) is 5.62. The maximum atomic E-state index is 11.5. The van der Waals surface area contributed by atoms with E-state index in [2.05, 4.69) is 11.9 Å². The zero-order valence-corrected chi connectivity index (χ0v) is 12.7. The van der Waals surface area contributed by atoms with Crippen LogP contribution in [-0.4, -0.2) is 30.2 Å². The van der Waals surface area contributed by atoms with Gasteiger partial charge in [-0.2, -0.15) is 0 Å². The number of allylic oxidation sites excluding steroid dienone is 1. The van der Waals surface area contributed by atoms with Crippen LogP contribution in [0.1, 0.15) is 24.8 Å². The van der Waals surface area contributed by atoms with E-state index in [1.54, 1.807) is 0 Å². The molecule has 2 aliphatic rings. The molecule has 2 heterocycles. The molecule has 1 aromatic carbocycles. The van der Waals surface area contributed by atoms with Crippen molar-refractivity contribution in [2.75, 3.05) is 13.1 Å². The van der Waals surface area contributed by atoms with Gasteiger partial charge in [-0.1, -0.05) is 36.9 Å². The lowest BCUT2D eigenvalue weighted by molar-refractivity contribution is -0.123. The number of hydrogen-bond acceptors (Lipinski definition) is 5. The van der Waals surface area contributed by atoms with Crippen molar-refractivity contribution in [3.63, 3.8) is 0 Å². The third-order valence-electron chi connectivity index (χ3n) is 3.97. The molecule has 4 N–H and O–H groups in total. The van der Waals surface area contributed by atoms with Crippen LogP contribution in [0.15, 0.2) is 42.7 Å². The first-order valence-electron chi connectivity index (χ1n) is 7.51. The first-order chi connectivity index (χ1) is 10.6. The lowest BCUT2D eigenvalue weighted by atomic mass is 9.83. The first-order valence-corrected chi connectivity index (χ1v) is 7.51. The highest BCUT2D eigenvalue weighted by Gasteiger charge is 2.42. The Morgan fingerprint density at radius 2 is 1.91 bits per heavy atom. The molecule has 0 aromatic heterocycles. The van der Waals surface area contributed by atoms with Crippen LogP contribution in [0.25, 0.3) is 0 Å². The van der Waals surface area contributed by atoms with E-state index in [0.717, 1.165) is 25.9 Å². The SMILES string of the molecule is C=C1OC2(CCNCC2)CC(=O)C1=N.NCc1ccccc1. The molecule has 5 nitrogen and oxygen atoms in total. The van der Waals surface area contributed by atoms with Gasteiger partial charge in [0.15, 0.2) is 5.78 Å². The van der Waals surface area contributed by atoms with E-state index in [0.29, 0.717) is 13.0 Å². The number of nitrogens with two attached hydrogens (primary N) is 1. The van der Waals surface area contributed by atoms with E-state index in [4.69, 9.17) is 15.9 Å². The van der Waals surface area contributed by atoms with Crippen molar-refractivity contribution in [2.24, 2.45) is 5.73 Å². The minimum absolute atomic E-state index is 0.0610. The number of ketones is 1. The summed E-state index contributed by atoms with van der Waals surface area (Å²) in [4.78, 5) is 11.5. The smallest absolute Gasteiger partial charge is 0.188 e. The van der Waals surface area contributed by atoms with Gasteiger partial charge in [-0.15, -0.1) is 0 Å². The zero-order chi connectivity index (χ0) is 16.0. The summed E-state index contributed by atoms with van der Waals surface area (Å²) in [7, 11) is 0. The number of benzene rings is 1. The number of ether oxygens (including phenoxy) is 1. The molecule has 5 heteroatoms. The molecule has 2 fully saturated rings. The van der Waals surface area contributed by atoms with Gasteiger partial charge < -0.3 is 15.8 Å². The Balaban J connectivity index is 0.000000188. The van der Waals surface area contributed by atoms with Gasteiger partial charge in [-0.25, -0.2) is 0 Å². The molecule has 118 valence electrons. The van der Waals surface area contributed by atoms with Gasteiger partial charge in [0, 0.05) is 19.4 Å². The number of carbonyl (C=O) groups is 1. The molecule has 0 amide bonds. The Morgan fingerprint density at radius 3 is 2.41 bits per heavy atom. The van der Waals surface area contributed by atoms with Gasteiger partial charge in [-0.3, -0.25) is 10.2 Å². The Morgan fingerprint density at radius 1 is 1.27 bits per heavy atom. The van der Waals surface area contributed by atoms with Gasteiger partial charge >= 0.3 is 0 Å². The number of nitrogens with one attached hydrogen (secondary N) is 2. The van der Waals surface area contributed by atoms with E-state index in [9.17, 15) is 4.79 Å². The van der Waals surface area contributed by atoms with Gasteiger partial charge in [0.25, 0.3) is 0 Å². The monoisotopic (exact) mass is 301 g/mol. The van der Waals surface area contributed by atoms with Crippen LogP contribution < -0.4 is 11.1 Å². The van der Waals surface area contributed by atoms with E-state index >= 15 is 0 Å². The molecule has 0 saturated carbocycles. The molecule has 0 bridgehead atoms. The molecular formula is C17H23N3O2. The summed E-state index contributed by atoms with van der Waals surface area (Å²) in [6.07, 6.45) is 1.99. The van der Waals surface area contributed by atoms with E-state index in [1.165, 1.54) is 5.56 Å². The average Bonchev–Trinajstić information content (AvgIpc) is 2.55. The van der Waals surface area contributed by atoms with Crippen molar-refractivity contribution in [3.05, 3.63) is 48.2 Å². The van der Waals surface area contributed by atoms with Crippen molar-refractivity contribution in [2.45, 2.75) is 31.4 Å². The molecule has 2 saturated heterocycles. The normalized spacial score (nSPS) is 20.1. The van der Waals surface area contributed by atoms with Gasteiger partial charge in [0.1, 0.15) is 17.1 Å². The van der Waals surface area contributed by atoms with Gasteiger partial charge in [0.2, 0.25) is 0 Å². The summed E-state index contributed by atoms with van der Waals surface area (Å²) < 4.78 is 5.62. The second-order valence-electron chi connectivity index (χ2n) is 5.62. The minimum Gasteiger partial charge on any atom is -0.485 e. The third kappa shape index (κ3) is 4.02. The fourth-order valence-corrected chi connectivity index (χ4v) is 2.66. The van der Waals surface area contributed by atoms with Crippen LogP contribution in [0.3, 0.4) is 0 Å². The zero-order valence-electron chi connectivity index (χ0n) is 12.7. The van der Waals surface area contributed by atoms with E-state index < -0.39 is 0 Å². The molecule has 1 aromatic rings. The van der Waals surface area contributed by atoms with Gasteiger partial charge in [0.05, 0.1) is 6.42 Å². The first kappa shape index (κ1) is 16.4. The Kier molecular flexibility index (Phi) is 5.46. The highest BCUT2D eigenvalue weighted by molar-refractivity contribution is 6.44. The van der Waals surface area contributed by atoms with Crippen LogP contribution in [-0.2, 0) is 16.1 Å². The average molecular weight is 301 g/mol. The van der Waals surface area contributed by atoms with Gasteiger partial charge in [-0.05, 0) is 18.7 Å². The van der Waals surface area contributed by atoms with E-state index in [-0.39, 0.29) is 22.9 Å². The standard InChI is InChI=1S/C10H14N2O2.C7H9N/c1-7-9(11)8(13)6-10(14-7)2-4-12-5-3-10;8-6-7-4-2-1-3-5-7/h11-12H,1-6H2;1-5H,6,8H2. The predicted octanol–water partition coefficient (Wildman–Crippen LogP) is 1.78. The lowest BCUT2D eigenvalue weighted by Gasteiger charge is -2.40. The van der Waals surface area contributed by atoms with Crippen molar-refractivity contribution in [1.29, 1.82) is 5.41 Å². The summed E-state index contributed by atoms with van der Waals surface area (Å²) >= 11 is 0. The summed E-state index contributed by atoms with van der Waals surface area (Å²) in [5.41, 5.74) is 6.11. The quantitative estimate of drug-likeness (QED) is 0.737. The number of piperidine rings is 1. The molecule has 22 heavy (non-hydrogen) atoms. The fraction of sp³-hybridized carbons (Fsp3) is 0.412. The fourth-order valence-electron chi connectivity index (χ4n) is 2.66. The Hall–Kier alpha value is -1.98. The topological polar surface area (TPSA) is 88.2 Å². The number of carbonyl (C=O) groups excluding carboxylic acids is 1. The van der Waals surface area contributed by atoms with Crippen LogP contribution in [0.4, 0.5) is 0 Å². The number of Topliss-reactive ketones (excluding diaryl/α,β-unsaturated/α-hetero) is 1. The van der Waals surface area contributed by atoms with Crippen LogP contribution in [0.2, 0.25) is 0 Å². The third-order valence-corrected chi connectivity index (χ3v) is 3.97. The molecule has 0 aliphatic carbocycles. The van der Waals surface area contributed by atoms with Crippen LogP contribution in [0.5, 0.6) is 0 Å². The molecule has 2 aliphatic heterocycles. The van der Waals surface area contributed by atoms with Crippen LogP contribution >= 0.6 is 0 Å². The largest absolute Gasteiger partial charge is 0.485 e. The molecule has 0 atom stereocenters. The summed E-state index contributed by atoms with van der Waals surface area (Å²) in [6, 6.07) is 9.99. The van der Waals surface area contributed by atoms with Crippen molar-refractivity contribution >= 4 is 11.5 Å². The van der Waals surface area contributed by atoms with Crippen molar-refractivity contribution in [3.8, 4) is 0 Å². The molecule has 0 unspecified atom stereocenters. The Labute approximate surface area is 131 Å². The molecular weight excluding hydrogens is 278 g/mol. The highest BCUT2D eigenvalue weighted by Crippen LogP contribution is 2.33. The van der Waals surface area contributed by atoms with Crippen molar-refractivity contribution in [1.82, 2.24) is 5.32 Å². The summed E-state index contributed by atoms with van der Waals surface area (Å²) in [6.45, 7) is 5.98. The number of rotatable bonds is 1.